The maximum Gasteiger partial charge on any atom is 0.137 e. The quantitative estimate of drug-likeness (QED) is 0.698. The van der Waals surface area contributed by atoms with Crippen molar-refractivity contribution < 1.29 is 4.74 Å². The van der Waals surface area contributed by atoms with Gasteiger partial charge in [-0.05, 0) is 47.0 Å². The molecule has 0 bridgehead atoms. The van der Waals surface area contributed by atoms with Crippen LogP contribution in [0.3, 0.4) is 0 Å². The predicted octanol–water partition coefficient (Wildman–Crippen LogP) is 4.18. The van der Waals surface area contributed by atoms with Crippen molar-refractivity contribution in [3.05, 3.63) is 64.0 Å². The first-order valence-corrected chi connectivity index (χ1v) is 7.86. The smallest absolute Gasteiger partial charge is 0.137 e. The van der Waals surface area contributed by atoms with Gasteiger partial charge in [0.1, 0.15) is 11.4 Å². The number of halogens is 1. The number of aryl methyl sites for hydroxylation is 1. The molecular weight excluding hydrogens is 328 g/mol. The van der Waals surface area contributed by atoms with E-state index in [1.807, 2.05) is 18.2 Å². The molecule has 106 valence electrons. The van der Waals surface area contributed by atoms with Crippen LogP contribution in [-0.2, 0) is 6.42 Å². The molecule has 2 aromatic heterocycles. The number of benzene rings is 1. The third-order valence-electron chi connectivity index (χ3n) is 4.21. The second-order valence-electron chi connectivity index (χ2n) is 5.35. The number of ether oxygens (including phenoxy) is 1. The van der Waals surface area contributed by atoms with Gasteiger partial charge in [0.05, 0.1) is 18.5 Å². The van der Waals surface area contributed by atoms with Gasteiger partial charge in [0.15, 0.2) is 0 Å². The van der Waals surface area contributed by atoms with E-state index in [1.54, 1.807) is 7.11 Å². The zero-order valence-electron chi connectivity index (χ0n) is 11.7. The van der Waals surface area contributed by atoms with E-state index in [0.717, 1.165) is 28.7 Å². The molecule has 1 aliphatic carbocycles. The zero-order chi connectivity index (χ0) is 14.4. The van der Waals surface area contributed by atoms with Crippen molar-refractivity contribution >= 4 is 21.6 Å². The number of methoxy groups -OCH3 is 1. The maximum absolute atomic E-state index is 5.55. The van der Waals surface area contributed by atoms with Gasteiger partial charge < -0.3 is 9.14 Å². The Morgan fingerprint density at radius 3 is 2.95 bits per heavy atom. The Labute approximate surface area is 131 Å². The monoisotopic (exact) mass is 342 g/mol. The Bertz CT molecular complexity index is 825. The van der Waals surface area contributed by atoms with Crippen molar-refractivity contribution in [2.45, 2.75) is 18.8 Å². The molecule has 1 unspecified atom stereocenters. The minimum Gasteiger partial charge on any atom is -0.496 e. The second-order valence-corrected chi connectivity index (χ2v) is 6.27. The van der Waals surface area contributed by atoms with Crippen molar-refractivity contribution in [2.24, 2.45) is 0 Å². The van der Waals surface area contributed by atoms with E-state index in [-0.39, 0.29) is 0 Å². The van der Waals surface area contributed by atoms with Crippen LogP contribution in [0.4, 0.5) is 0 Å². The molecule has 4 heteroatoms. The number of hydrogen-bond acceptors (Lipinski definition) is 2. The van der Waals surface area contributed by atoms with E-state index in [2.05, 4.69) is 44.7 Å². The highest BCUT2D eigenvalue weighted by atomic mass is 79.9. The van der Waals surface area contributed by atoms with Gasteiger partial charge in [0.2, 0.25) is 0 Å². The Morgan fingerprint density at radius 2 is 2.10 bits per heavy atom. The maximum atomic E-state index is 5.55. The Kier molecular flexibility index (Phi) is 3.00. The van der Waals surface area contributed by atoms with Gasteiger partial charge in [0, 0.05) is 22.2 Å². The fourth-order valence-corrected chi connectivity index (χ4v) is 3.65. The molecule has 3 aromatic rings. The average molecular weight is 343 g/mol. The molecule has 2 heterocycles. The Morgan fingerprint density at radius 1 is 1.24 bits per heavy atom. The first kappa shape index (κ1) is 12.9. The van der Waals surface area contributed by atoms with Gasteiger partial charge in [0.25, 0.3) is 0 Å². The summed E-state index contributed by atoms with van der Waals surface area (Å²) in [5, 5.41) is 0. The molecule has 0 fully saturated rings. The molecule has 4 rings (SSSR count). The molecule has 21 heavy (non-hydrogen) atoms. The lowest BCUT2D eigenvalue weighted by Crippen LogP contribution is -2.03. The third kappa shape index (κ3) is 1.97. The van der Waals surface area contributed by atoms with Crippen LogP contribution in [0.25, 0.3) is 5.65 Å². The summed E-state index contributed by atoms with van der Waals surface area (Å²) < 4.78 is 8.83. The summed E-state index contributed by atoms with van der Waals surface area (Å²) in [5.41, 5.74) is 4.78. The highest BCUT2D eigenvalue weighted by molar-refractivity contribution is 9.10. The summed E-state index contributed by atoms with van der Waals surface area (Å²) in [4.78, 5) is 4.77. The van der Waals surface area contributed by atoms with Gasteiger partial charge >= 0.3 is 0 Å². The van der Waals surface area contributed by atoms with Gasteiger partial charge in [-0.2, -0.15) is 0 Å². The summed E-state index contributed by atoms with van der Waals surface area (Å²) >= 11 is 3.56. The van der Waals surface area contributed by atoms with Crippen molar-refractivity contribution in [3.8, 4) is 5.75 Å². The van der Waals surface area contributed by atoms with Gasteiger partial charge in [-0.1, -0.05) is 18.2 Å². The lowest BCUT2D eigenvalue weighted by molar-refractivity contribution is 0.407. The normalized spacial score (nSPS) is 17.1. The first-order valence-electron chi connectivity index (χ1n) is 7.07. The highest BCUT2D eigenvalue weighted by Crippen LogP contribution is 2.41. The number of nitrogens with zero attached hydrogens (tertiary/aromatic N) is 2. The Balaban J connectivity index is 1.93. The largest absolute Gasteiger partial charge is 0.496 e. The molecule has 0 N–H and O–H groups in total. The molecule has 0 amide bonds. The predicted molar refractivity (Wildman–Crippen MR) is 86.1 cm³/mol. The SMILES string of the molecule is COc1ccccc1C1CCc2nc3ccc(Br)cn3c21. The molecule has 0 saturated heterocycles. The van der Waals surface area contributed by atoms with Crippen LogP contribution >= 0.6 is 15.9 Å². The van der Waals surface area contributed by atoms with Crippen LogP contribution in [0.1, 0.15) is 29.3 Å². The van der Waals surface area contributed by atoms with Crippen LogP contribution in [-0.4, -0.2) is 16.5 Å². The number of para-hydroxylation sites is 1. The van der Waals surface area contributed by atoms with Gasteiger partial charge in [-0.15, -0.1) is 0 Å². The number of rotatable bonds is 2. The second kappa shape index (κ2) is 4.88. The highest BCUT2D eigenvalue weighted by Gasteiger charge is 2.30. The lowest BCUT2D eigenvalue weighted by atomic mass is 9.96. The third-order valence-corrected chi connectivity index (χ3v) is 4.68. The fraction of sp³-hybridized carbons (Fsp3) is 0.235. The Hall–Kier alpha value is -1.81. The molecule has 1 aliphatic rings. The summed E-state index contributed by atoms with van der Waals surface area (Å²) in [6, 6.07) is 12.4. The summed E-state index contributed by atoms with van der Waals surface area (Å²) in [7, 11) is 1.74. The molecule has 3 nitrogen and oxygen atoms in total. The minimum absolute atomic E-state index is 0.348. The molecule has 1 atom stereocenters. The average Bonchev–Trinajstić information content (AvgIpc) is 3.06. The summed E-state index contributed by atoms with van der Waals surface area (Å²) in [6.45, 7) is 0. The van der Waals surface area contributed by atoms with Crippen LogP contribution in [0.5, 0.6) is 5.75 Å². The molecule has 1 aromatic carbocycles. The summed E-state index contributed by atoms with van der Waals surface area (Å²) in [6.07, 6.45) is 4.22. The van der Waals surface area contributed by atoms with E-state index in [4.69, 9.17) is 9.72 Å². The minimum atomic E-state index is 0.348. The van der Waals surface area contributed by atoms with E-state index in [1.165, 1.54) is 17.0 Å². The first-order chi connectivity index (χ1) is 10.3. The molecule has 0 radical (unpaired) electrons. The number of pyridine rings is 1. The van der Waals surface area contributed by atoms with Crippen LogP contribution < -0.4 is 4.74 Å². The van der Waals surface area contributed by atoms with Crippen molar-refractivity contribution in [1.29, 1.82) is 0 Å². The number of hydrogen-bond donors (Lipinski definition) is 0. The topological polar surface area (TPSA) is 26.5 Å². The molecule has 0 spiro atoms. The van der Waals surface area contributed by atoms with Crippen molar-refractivity contribution in [3.63, 3.8) is 0 Å². The van der Waals surface area contributed by atoms with Crippen LogP contribution in [0.15, 0.2) is 47.1 Å². The number of imidazole rings is 1. The van der Waals surface area contributed by atoms with Crippen LogP contribution in [0, 0.1) is 0 Å². The van der Waals surface area contributed by atoms with Gasteiger partial charge in [-0.3, -0.25) is 0 Å². The molecular formula is C17H15BrN2O. The van der Waals surface area contributed by atoms with E-state index in [9.17, 15) is 0 Å². The number of aromatic nitrogens is 2. The molecule has 0 aliphatic heterocycles. The van der Waals surface area contributed by atoms with E-state index >= 15 is 0 Å². The number of fused-ring (bicyclic) bond motifs is 3. The van der Waals surface area contributed by atoms with Crippen LogP contribution in [0.2, 0.25) is 0 Å². The van der Waals surface area contributed by atoms with Gasteiger partial charge in [-0.25, -0.2) is 4.98 Å². The zero-order valence-corrected chi connectivity index (χ0v) is 13.3. The summed E-state index contributed by atoms with van der Waals surface area (Å²) in [5.74, 6) is 1.31. The van der Waals surface area contributed by atoms with Crippen molar-refractivity contribution in [2.75, 3.05) is 7.11 Å². The standard InChI is InChI=1S/C17H15BrN2O/c1-21-15-5-3-2-4-12(15)13-7-8-14-17(13)20-10-11(18)6-9-16(20)19-14/h2-6,9-10,13H,7-8H2,1H3. The van der Waals surface area contributed by atoms with E-state index < -0.39 is 0 Å². The van der Waals surface area contributed by atoms with Crippen molar-refractivity contribution in [1.82, 2.24) is 9.38 Å². The van der Waals surface area contributed by atoms with E-state index in [0.29, 0.717) is 5.92 Å². The lowest BCUT2D eigenvalue weighted by Gasteiger charge is -2.16. The fourth-order valence-electron chi connectivity index (χ4n) is 3.31. The molecule has 0 saturated carbocycles.